The number of likely N-dealkylation sites (tertiary alicyclic amines) is 1. The van der Waals surface area contributed by atoms with Gasteiger partial charge in [-0.25, -0.2) is 0 Å². The maximum Gasteiger partial charge on any atom is 0.289 e. The third-order valence-corrected chi connectivity index (χ3v) is 5.04. The Kier molecular flexibility index (Phi) is 7.12. The molecule has 1 aliphatic rings. The van der Waals surface area contributed by atoms with Crippen LogP contribution in [0, 0.1) is 12.8 Å². The van der Waals surface area contributed by atoms with Gasteiger partial charge in [0.05, 0.1) is 12.9 Å². The minimum Gasteiger partial charge on any atom is -0.494 e. The summed E-state index contributed by atoms with van der Waals surface area (Å²) in [6, 6.07) is 11.4. The summed E-state index contributed by atoms with van der Waals surface area (Å²) in [5.74, 6) is 1.20. The number of unbranched alkanes of at least 4 members (excludes halogenated alkanes) is 1. The number of furan rings is 1. The van der Waals surface area contributed by atoms with E-state index in [9.17, 15) is 9.59 Å². The van der Waals surface area contributed by atoms with Crippen LogP contribution >= 0.6 is 0 Å². The van der Waals surface area contributed by atoms with E-state index in [-0.39, 0.29) is 17.7 Å². The fourth-order valence-corrected chi connectivity index (χ4v) is 3.31. The fraction of sp³-hybridized carbons (Fsp3) is 0.455. The molecule has 0 spiro atoms. The van der Waals surface area contributed by atoms with Crippen LogP contribution in [0.4, 0.5) is 0 Å². The Morgan fingerprint density at radius 2 is 1.89 bits per heavy atom. The van der Waals surface area contributed by atoms with E-state index in [2.05, 4.69) is 5.32 Å². The van der Waals surface area contributed by atoms with Gasteiger partial charge in [-0.3, -0.25) is 9.59 Å². The van der Waals surface area contributed by atoms with Gasteiger partial charge in [0.25, 0.3) is 5.91 Å². The van der Waals surface area contributed by atoms with Crippen LogP contribution in [0.15, 0.2) is 47.1 Å². The zero-order chi connectivity index (χ0) is 19.8. The molecule has 6 heteroatoms. The van der Waals surface area contributed by atoms with Crippen LogP contribution in [-0.2, 0) is 4.79 Å². The molecule has 6 nitrogen and oxygen atoms in total. The quantitative estimate of drug-likeness (QED) is 0.708. The molecule has 3 rings (SSSR count). The molecule has 0 bridgehead atoms. The van der Waals surface area contributed by atoms with Crippen molar-refractivity contribution in [3.05, 3.63) is 54.0 Å². The molecule has 1 saturated heterocycles. The maximum absolute atomic E-state index is 12.3. The van der Waals surface area contributed by atoms with Gasteiger partial charge >= 0.3 is 0 Å². The summed E-state index contributed by atoms with van der Waals surface area (Å²) < 4.78 is 10.9. The zero-order valence-corrected chi connectivity index (χ0v) is 16.4. The molecule has 0 unspecified atom stereocenters. The van der Waals surface area contributed by atoms with Crippen LogP contribution in [0.2, 0.25) is 0 Å². The number of ether oxygens (including phenoxy) is 1. The highest BCUT2D eigenvalue weighted by molar-refractivity contribution is 5.91. The Morgan fingerprint density at radius 3 is 2.57 bits per heavy atom. The van der Waals surface area contributed by atoms with Crippen molar-refractivity contribution in [1.82, 2.24) is 10.2 Å². The highest BCUT2D eigenvalue weighted by Gasteiger charge is 2.28. The standard InChI is InChI=1S/C22H28N2O4/c1-17-6-8-19(9-7-17)27-15-3-2-12-23-21(25)18-10-13-24(14-11-18)22(26)20-5-4-16-28-20/h4-9,16,18H,2-3,10-15H2,1H3,(H,23,25). The lowest BCUT2D eigenvalue weighted by Crippen LogP contribution is -2.43. The Bertz CT molecular complexity index is 747. The first kappa shape index (κ1) is 20.0. The highest BCUT2D eigenvalue weighted by Crippen LogP contribution is 2.19. The molecule has 2 aromatic rings. The van der Waals surface area contributed by atoms with Crippen LogP contribution < -0.4 is 10.1 Å². The summed E-state index contributed by atoms with van der Waals surface area (Å²) in [6.07, 6.45) is 4.65. The average Bonchev–Trinajstić information content (AvgIpc) is 3.26. The number of piperidine rings is 1. The number of nitrogens with one attached hydrogen (secondary N) is 1. The van der Waals surface area contributed by atoms with Crippen LogP contribution in [0.3, 0.4) is 0 Å². The second-order valence-corrected chi connectivity index (χ2v) is 7.20. The van der Waals surface area contributed by atoms with E-state index in [4.69, 9.17) is 9.15 Å². The highest BCUT2D eigenvalue weighted by atomic mass is 16.5. The summed E-state index contributed by atoms with van der Waals surface area (Å²) in [4.78, 5) is 26.3. The molecule has 2 amide bonds. The molecular formula is C22H28N2O4. The van der Waals surface area contributed by atoms with Crippen LogP contribution in [-0.4, -0.2) is 43.0 Å². The second kappa shape index (κ2) is 9.97. The molecule has 0 atom stereocenters. The summed E-state index contributed by atoms with van der Waals surface area (Å²) in [7, 11) is 0. The first-order chi connectivity index (χ1) is 13.6. The summed E-state index contributed by atoms with van der Waals surface area (Å²) in [6.45, 7) is 4.52. The molecule has 1 aromatic carbocycles. The fourth-order valence-electron chi connectivity index (χ4n) is 3.31. The number of carbonyl (C=O) groups excluding carboxylic acids is 2. The van der Waals surface area contributed by atoms with Gasteiger partial charge in [0.2, 0.25) is 5.91 Å². The molecule has 1 N–H and O–H groups in total. The molecule has 2 heterocycles. The monoisotopic (exact) mass is 384 g/mol. The van der Waals surface area contributed by atoms with Crippen molar-refractivity contribution in [2.45, 2.75) is 32.6 Å². The lowest BCUT2D eigenvalue weighted by Gasteiger charge is -2.30. The van der Waals surface area contributed by atoms with Gasteiger partial charge in [-0.2, -0.15) is 0 Å². The Balaban J connectivity index is 1.27. The minimum atomic E-state index is -0.0996. The number of carbonyl (C=O) groups is 2. The molecule has 0 saturated carbocycles. The van der Waals surface area contributed by atoms with Crippen molar-refractivity contribution >= 4 is 11.8 Å². The van der Waals surface area contributed by atoms with Crippen molar-refractivity contribution in [1.29, 1.82) is 0 Å². The van der Waals surface area contributed by atoms with Gasteiger partial charge in [0.1, 0.15) is 5.75 Å². The van der Waals surface area contributed by atoms with Gasteiger partial charge in [-0.15, -0.1) is 0 Å². The first-order valence-electron chi connectivity index (χ1n) is 9.93. The predicted octanol–water partition coefficient (Wildman–Crippen LogP) is 3.42. The van der Waals surface area contributed by atoms with E-state index in [1.807, 2.05) is 31.2 Å². The number of amides is 2. The van der Waals surface area contributed by atoms with Crippen molar-refractivity contribution in [2.75, 3.05) is 26.2 Å². The molecule has 150 valence electrons. The van der Waals surface area contributed by atoms with E-state index in [1.165, 1.54) is 11.8 Å². The smallest absolute Gasteiger partial charge is 0.289 e. The maximum atomic E-state index is 12.3. The van der Waals surface area contributed by atoms with Crippen molar-refractivity contribution in [3.63, 3.8) is 0 Å². The van der Waals surface area contributed by atoms with E-state index in [0.717, 1.165) is 18.6 Å². The number of hydrogen-bond acceptors (Lipinski definition) is 4. The molecule has 1 aromatic heterocycles. The Labute approximate surface area is 165 Å². The summed E-state index contributed by atoms with van der Waals surface area (Å²) in [5, 5.41) is 3.01. The van der Waals surface area contributed by atoms with Crippen molar-refractivity contribution in [2.24, 2.45) is 5.92 Å². The van der Waals surface area contributed by atoms with Gasteiger partial charge in [-0.1, -0.05) is 17.7 Å². The molecule has 0 aliphatic carbocycles. The zero-order valence-electron chi connectivity index (χ0n) is 16.4. The molecule has 1 fully saturated rings. The SMILES string of the molecule is Cc1ccc(OCCCCNC(=O)C2CCN(C(=O)c3ccco3)CC2)cc1. The lowest BCUT2D eigenvalue weighted by molar-refractivity contribution is -0.126. The van der Waals surface area contributed by atoms with Crippen LogP contribution in [0.1, 0.15) is 41.8 Å². The third-order valence-electron chi connectivity index (χ3n) is 5.04. The van der Waals surface area contributed by atoms with Gasteiger partial charge in [0.15, 0.2) is 5.76 Å². The predicted molar refractivity (Wildman–Crippen MR) is 106 cm³/mol. The van der Waals surface area contributed by atoms with E-state index >= 15 is 0 Å². The van der Waals surface area contributed by atoms with E-state index < -0.39 is 0 Å². The third kappa shape index (κ3) is 5.62. The number of nitrogens with zero attached hydrogens (tertiary/aromatic N) is 1. The normalized spacial score (nSPS) is 14.7. The molecule has 0 radical (unpaired) electrons. The number of benzene rings is 1. The minimum absolute atomic E-state index is 0.0236. The lowest BCUT2D eigenvalue weighted by atomic mass is 9.95. The van der Waals surface area contributed by atoms with E-state index in [1.54, 1.807) is 17.0 Å². The first-order valence-corrected chi connectivity index (χ1v) is 9.93. The summed E-state index contributed by atoms with van der Waals surface area (Å²) >= 11 is 0. The Morgan fingerprint density at radius 1 is 1.14 bits per heavy atom. The molecular weight excluding hydrogens is 356 g/mol. The summed E-state index contributed by atoms with van der Waals surface area (Å²) in [5.41, 5.74) is 1.21. The van der Waals surface area contributed by atoms with Crippen molar-refractivity contribution in [3.8, 4) is 5.75 Å². The number of hydrogen-bond donors (Lipinski definition) is 1. The van der Waals surface area contributed by atoms with Crippen LogP contribution in [0.25, 0.3) is 0 Å². The van der Waals surface area contributed by atoms with Gasteiger partial charge in [-0.05, 0) is 56.9 Å². The van der Waals surface area contributed by atoms with E-state index in [0.29, 0.717) is 44.8 Å². The second-order valence-electron chi connectivity index (χ2n) is 7.20. The number of rotatable bonds is 8. The largest absolute Gasteiger partial charge is 0.494 e. The topological polar surface area (TPSA) is 71.8 Å². The number of aryl methyl sites for hydroxylation is 1. The van der Waals surface area contributed by atoms with Crippen LogP contribution in [0.5, 0.6) is 5.75 Å². The average molecular weight is 384 g/mol. The molecule has 28 heavy (non-hydrogen) atoms. The van der Waals surface area contributed by atoms with Crippen molar-refractivity contribution < 1.29 is 18.7 Å². The molecule has 1 aliphatic heterocycles. The van der Waals surface area contributed by atoms with Gasteiger partial charge in [0, 0.05) is 25.6 Å². The Hall–Kier alpha value is -2.76. The van der Waals surface area contributed by atoms with Gasteiger partial charge < -0.3 is 19.4 Å².